The molecule has 0 bridgehead atoms. The number of nitrogens with zero attached hydrogens (tertiary/aromatic N) is 3. The van der Waals surface area contributed by atoms with E-state index in [2.05, 4.69) is 9.97 Å². The van der Waals surface area contributed by atoms with E-state index < -0.39 is 5.97 Å². The summed E-state index contributed by atoms with van der Waals surface area (Å²) in [6, 6.07) is 6.56. The molecule has 124 valence electrons. The van der Waals surface area contributed by atoms with Gasteiger partial charge in [0.05, 0.1) is 13.7 Å². The van der Waals surface area contributed by atoms with E-state index in [0.29, 0.717) is 38.3 Å². The Kier molecular flexibility index (Phi) is 4.67. The third kappa shape index (κ3) is 3.07. The van der Waals surface area contributed by atoms with Gasteiger partial charge in [-0.2, -0.15) is 0 Å². The zero-order chi connectivity index (χ0) is 17.4. The Balaban J connectivity index is 2.12. The Labute approximate surface area is 153 Å². The van der Waals surface area contributed by atoms with Crippen LogP contribution in [-0.4, -0.2) is 27.6 Å². The SMILES string of the molecule is COC(=O)c1ccc2nc(C)n(Cc3c(Cl)cc(Cl)cc3Cl)c2n1. The molecule has 0 aliphatic rings. The molecule has 0 fully saturated rings. The van der Waals surface area contributed by atoms with Crippen LogP contribution in [0.4, 0.5) is 0 Å². The molecule has 0 spiro atoms. The van der Waals surface area contributed by atoms with E-state index in [-0.39, 0.29) is 5.69 Å². The molecule has 0 atom stereocenters. The summed E-state index contributed by atoms with van der Waals surface area (Å²) < 4.78 is 6.55. The molecule has 8 heteroatoms. The number of pyridine rings is 1. The highest BCUT2D eigenvalue weighted by atomic mass is 35.5. The Morgan fingerprint density at radius 2 is 1.83 bits per heavy atom. The number of benzene rings is 1. The maximum absolute atomic E-state index is 11.7. The van der Waals surface area contributed by atoms with Crippen LogP contribution in [0.25, 0.3) is 11.2 Å². The van der Waals surface area contributed by atoms with Crippen LogP contribution in [0.2, 0.25) is 15.1 Å². The van der Waals surface area contributed by atoms with Crippen molar-refractivity contribution in [2.45, 2.75) is 13.5 Å². The van der Waals surface area contributed by atoms with E-state index in [1.54, 1.807) is 24.3 Å². The number of hydrogen-bond donors (Lipinski definition) is 0. The quantitative estimate of drug-likeness (QED) is 0.622. The van der Waals surface area contributed by atoms with Crippen LogP contribution in [0.3, 0.4) is 0 Å². The van der Waals surface area contributed by atoms with E-state index in [1.807, 2.05) is 11.5 Å². The Bertz CT molecular complexity index is 930. The number of aromatic nitrogens is 3. The maximum atomic E-state index is 11.7. The molecule has 0 amide bonds. The van der Waals surface area contributed by atoms with E-state index in [9.17, 15) is 4.79 Å². The van der Waals surface area contributed by atoms with Gasteiger partial charge in [0.1, 0.15) is 11.3 Å². The number of methoxy groups -OCH3 is 1. The average Bonchev–Trinajstić information content (AvgIpc) is 2.84. The Morgan fingerprint density at radius 1 is 1.17 bits per heavy atom. The lowest BCUT2D eigenvalue weighted by atomic mass is 10.2. The summed E-state index contributed by atoms with van der Waals surface area (Å²) in [4.78, 5) is 20.5. The molecule has 2 aromatic heterocycles. The van der Waals surface area contributed by atoms with Crippen molar-refractivity contribution in [3.8, 4) is 0 Å². The number of ether oxygens (including phenoxy) is 1. The zero-order valence-electron chi connectivity index (χ0n) is 12.8. The van der Waals surface area contributed by atoms with E-state index >= 15 is 0 Å². The molecule has 24 heavy (non-hydrogen) atoms. The number of halogens is 3. The smallest absolute Gasteiger partial charge is 0.356 e. The topological polar surface area (TPSA) is 57.0 Å². The molecular formula is C16H12Cl3N3O2. The fraction of sp³-hybridized carbons (Fsp3) is 0.188. The van der Waals surface area contributed by atoms with Gasteiger partial charge in [-0.1, -0.05) is 34.8 Å². The molecule has 0 aliphatic carbocycles. The summed E-state index contributed by atoms with van der Waals surface area (Å²) in [5.41, 5.74) is 2.13. The van der Waals surface area contributed by atoms with Crippen LogP contribution < -0.4 is 0 Å². The molecule has 0 saturated heterocycles. The number of rotatable bonds is 3. The monoisotopic (exact) mass is 383 g/mol. The minimum atomic E-state index is -0.509. The fourth-order valence-electron chi connectivity index (χ4n) is 2.40. The van der Waals surface area contributed by atoms with Gasteiger partial charge in [0.2, 0.25) is 0 Å². The number of carbonyl (C=O) groups excluding carboxylic acids is 1. The first-order chi connectivity index (χ1) is 11.4. The van der Waals surface area contributed by atoms with Crippen LogP contribution in [0.15, 0.2) is 24.3 Å². The van der Waals surface area contributed by atoms with Gasteiger partial charge in [-0.15, -0.1) is 0 Å². The maximum Gasteiger partial charge on any atom is 0.356 e. The molecule has 0 N–H and O–H groups in total. The third-order valence-electron chi connectivity index (χ3n) is 3.60. The number of fused-ring (bicyclic) bond motifs is 1. The highest BCUT2D eigenvalue weighted by Gasteiger charge is 2.16. The van der Waals surface area contributed by atoms with Gasteiger partial charge in [0.25, 0.3) is 0 Å². The second-order valence-corrected chi connectivity index (χ2v) is 6.37. The number of imidazole rings is 1. The third-order valence-corrected chi connectivity index (χ3v) is 4.49. The van der Waals surface area contributed by atoms with E-state index in [4.69, 9.17) is 39.5 Å². The van der Waals surface area contributed by atoms with Crippen LogP contribution >= 0.6 is 34.8 Å². The molecule has 1 aromatic carbocycles. The zero-order valence-corrected chi connectivity index (χ0v) is 15.1. The average molecular weight is 385 g/mol. The van der Waals surface area contributed by atoms with Crippen LogP contribution in [0, 0.1) is 6.92 Å². The van der Waals surface area contributed by atoms with Crippen molar-refractivity contribution in [1.29, 1.82) is 0 Å². The summed E-state index contributed by atoms with van der Waals surface area (Å²) in [6.45, 7) is 2.20. The van der Waals surface area contributed by atoms with E-state index in [1.165, 1.54) is 7.11 Å². The van der Waals surface area contributed by atoms with Gasteiger partial charge in [-0.3, -0.25) is 0 Å². The molecule has 0 aliphatic heterocycles. The molecule has 0 saturated carbocycles. The lowest BCUT2D eigenvalue weighted by Gasteiger charge is -2.11. The molecule has 2 heterocycles. The van der Waals surface area contributed by atoms with Crippen molar-refractivity contribution in [2.24, 2.45) is 0 Å². The highest BCUT2D eigenvalue weighted by molar-refractivity contribution is 6.39. The van der Waals surface area contributed by atoms with Crippen molar-refractivity contribution in [1.82, 2.24) is 14.5 Å². The first-order valence-electron chi connectivity index (χ1n) is 6.96. The summed E-state index contributed by atoms with van der Waals surface area (Å²) in [6.07, 6.45) is 0. The lowest BCUT2D eigenvalue weighted by molar-refractivity contribution is 0.0594. The molecule has 5 nitrogen and oxygen atoms in total. The minimum absolute atomic E-state index is 0.208. The normalized spacial score (nSPS) is 11.0. The number of carbonyl (C=O) groups is 1. The molecule has 3 rings (SSSR count). The predicted molar refractivity (Wildman–Crippen MR) is 94.2 cm³/mol. The second kappa shape index (κ2) is 6.59. The largest absolute Gasteiger partial charge is 0.464 e. The van der Waals surface area contributed by atoms with Gasteiger partial charge in [0, 0.05) is 20.6 Å². The van der Waals surface area contributed by atoms with Crippen molar-refractivity contribution in [3.05, 3.63) is 56.4 Å². The van der Waals surface area contributed by atoms with Gasteiger partial charge in [-0.25, -0.2) is 14.8 Å². The van der Waals surface area contributed by atoms with Gasteiger partial charge in [-0.05, 0) is 31.2 Å². The van der Waals surface area contributed by atoms with Gasteiger partial charge in [0.15, 0.2) is 11.3 Å². The molecule has 3 aromatic rings. The molecule has 0 unspecified atom stereocenters. The Hall–Kier alpha value is -1.82. The van der Waals surface area contributed by atoms with E-state index in [0.717, 1.165) is 5.82 Å². The van der Waals surface area contributed by atoms with Crippen molar-refractivity contribution >= 4 is 51.9 Å². The summed E-state index contributed by atoms with van der Waals surface area (Å²) in [5.74, 6) is 0.214. The number of esters is 1. The van der Waals surface area contributed by atoms with Gasteiger partial charge < -0.3 is 9.30 Å². The van der Waals surface area contributed by atoms with Crippen LogP contribution in [0.1, 0.15) is 21.9 Å². The van der Waals surface area contributed by atoms with Crippen molar-refractivity contribution < 1.29 is 9.53 Å². The first kappa shape index (κ1) is 17.0. The standard InChI is InChI=1S/C16H12Cl3N3O2/c1-8-20-13-3-4-14(16(23)24-2)21-15(13)22(8)7-10-11(18)5-9(17)6-12(10)19/h3-6H,7H2,1-2H3. The van der Waals surface area contributed by atoms with Crippen LogP contribution in [0.5, 0.6) is 0 Å². The van der Waals surface area contributed by atoms with Crippen molar-refractivity contribution in [2.75, 3.05) is 7.11 Å². The second-order valence-electron chi connectivity index (χ2n) is 5.12. The number of aryl methyl sites for hydroxylation is 1. The summed E-state index contributed by atoms with van der Waals surface area (Å²) in [7, 11) is 1.31. The lowest BCUT2D eigenvalue weighted by Crippen LogP contribution is -2.08. The fourth-order valence-corrected chi connectivity index (χ4v) is 3.34. The summed E-state index contributed by atoms with van der Waals surface area (Å²) >= 11 is 18.5. The van der Waals surface area contributed by atoms with Crippen LogP contribution in [-0.2, 0) is 11.3 Å². The molecular weight excluding hydrogens is 373 g/mol. The minimum Gasteiger partial charge on any atom is -0.464 e. The highest BCUT2D eigenvalue weighted by Crippen LogP contribution is 2.30. The Morgan fingerprint density at radius 3 is 2.46 bits per heavy atom. The summed E-state index contributed by atoms with van der Waals surface area (Å²) in [5, 5.41) is 1.38. The number of hydrogen-bond acceptors (Lipinski definition) is 4. The van der Waals surface area contributed by atoms with Crippen molar-refractivity contribution in [3.63, 3.8) is 0 Å². The van der Waals surface area contributed by atoms with Gasteiger partial charge >= 0.3 is 5.97 Å². The first-order valence-corrected chi connectivity index (χ1v) is 8.09. The molecule has 0 radical (unpaired) electrons. The predicted octanol–water partition coefficient (Wildman–Crippen LogP) is 4.53.